The lowest BCUT2D eigenvalue weighted by Gasteiger charge is -2.24. The number of aromatic amines is 1. The van der Waals surface area contributed by atoms with E-state index in [-0.39, 0.29) is 0 Å². The van der Waals surface area contributed by atoms with E-state index in [2.05, 4.69) is 15.2 Å². The summed E-state index contributed by atoms with van der Waals surface area (Å²) in [5.74, 6) is 0. The molecule has 1 aliphatic heterocycles. The van der Waals surface area contributed by atoms with Gasteiger partial charge < -0.3 is 4.90 Å². The SMILES string of the molecule is Cc1n[nH]cc1-c1ccc2nccc(N3C=CN(S(N)(=O)=O)C=C3)c2c1. The van der Waals surface area contributed by atoms with Crippen molar-refractivity contribution < 1.29 is 8.42 Å². The molecule has 0 saturated heterocycles. The molecule has 26 heavy (non-hydrogen) atoms. The van der Waals surface area contributed by atoms with Gasteiger partial charge in [0.25, 0.3) is 0 Å². The second kappa shape index (κ2) is 5.97. The Kier molecular flexibility index (Phi) is 3.74. The third kappa shape index (κ3) is 2.83. The van der Waals surface area contributed by atoms with Gasteiger partial charge in [-0.05, 0) is 30.7 Å². The summed E-state index contributed by atoms with van der Waals surface area (Å²) in [5.41, 5.74) is 4.67. The Balaban J connectivity index is 1.79. The lowest BCUT2D eigenvalue weighted by molar-refractivity contribution is 0.552. The maximum Gasteiger partial charge on any atom is 0.302 e. The lowest BCUT2D eigenvalue weighted by atomic mass is 10.0. The van der Waals surface area contributed by atoms with E-state index in [1.165, 1.54) is 12.4 Å². The molecule has 9 heteroatoms. The number of nitrogens with one attached hydrogen (secondary N) is 1. The third-order valence-electron chi connectivity index (χ3n) is 4.18. The number of nitrogens with two attached hydrogens (primary N) is 1. The summed E-state index contributed by atoms with van der Waals surface area (Å²) in [6.45, 7) is 1.94. The van der Waals surface area contributed by atoms with Gasteiger partial charge in [-0.1, -0.05) is 6.07 Å². The van der Waals surface area contributed by atoms with Gasteiger partial charge in [0.2, 0.25) is 0 Å². The average Bonchev–Trinajstić information content (AvgIpc) is 3.06. The highest BCUT2D eigenvalue weighted by Crippen LogP contribution is 2.32. The van der Waals surface area contributed by atoms with Crippen molar-refractivity contribution in [3.05, 3.63) is 67.2 Å². The van der Waals surface area contributed by atoms with Gasteiger partial charge >= 0.3 is 10.2 Å². The van der Waals surface area contributed by atoms with Crippen LogP contribution in [0.4, 0.5) is 5.69 Å². The Morgan fingerprint density at radius 1 is 1.12 bits per heavy atom. The van der Waals surface area contributed by atoms with Crippen molar-refractivity contribution in [1.82, 2.24) is 19.5 Å². The van der Waals surface area contributed by atoms with Crippen LogP contribution in [-0.2, 0) is 10.2 Å². The highest BCUT2D eigenvalue weighted by atomic mass is 32.2. The van der Waals surface area contributed by atoms with Crippen LogP contribution in [-0.4, -0.2) is 27.9 Å². The zero-order valence-electron chi connectivity index (χ0n) is 13.9. The number of fused-ring (bicyclic) bond motifs is 1. The van der Waals surface area contributed by atoms with Crippen LogP contribution < -0.4 is 10.0 Å². The van der Waals surface area contributed by atoms with Gasteiger partial charge in [-0.3, -0.25) is 10.1 Å². The molecule has 0 aliphatic carbocycles. The minimum absolute atomic E-state index is 0.836. The maximum atomic E-state index is 11.4. The van der Waals surface area contributed by atoms with Crippen LogP contribution >= 0.6 is 0 Å². The predicted octanol–water partition coefficient (Wildman–Crippen LogP) is 2.20. The molecular formula is C17H16N6O2S. The van der Waals surface area contributed by atoms with Gasteiger partial charge in [0, 0.05) is 48.1 Å². The van der Waals surface area contributed by atoms with Crippen molar-refractivity contribution in [2.75, 3.05) is 4.90 Å². The van der Waals surface area contributed by atoms with Crippen molar-refractivity contribution in [1.29, 1.82) is 0 Å². The number of aromatic nitrogens is 3. The number of nitrogens with zero attached hydrogens (tertiary/aromatic N) is 4. The zero-order chi connectivity index (χ0) is 18.3. The summed E-state index contributed by atoms with van der Waals surface area (Å²) < 4.78 is 23.8. The summed E-state index contributed by atoms with van der Waals surface area (Å²) in [7, 11) is -3.80. The molecule has 3 aromatic rings. The topological polar surface area (TPSA) is 108 Å². The summed E-state index contributed by atoms with van der Waals surface area (Å²) in [6, 6.07) is 7.87. The second-order valence-electron chi connectivity index (χ2n) is 5.82. The number of aryl methyl sites for hydroxylation is 1. The number of hydrogen-bond acceptors (Lipinski definition) is 5. The fourth-order valence-corrected chi connectivity index (χ4v) is 3.33. The number of hydrogen-bond donors (Lipinski definition) is 2. The van der Waals surface area contributed by atoms with Crippen molar-refractivity contribution in [2.45, 2.75) is 6.92 Å². The van der Waals surface area contributed by atoms with Crippen molar-refractivity contribution in [3.63, 3.8) is 0 Å². The van der Waals surface area contributed by atoms with Gasteiger partial charge in [-0.15, -0.1) is 0 Å². The minimum atomic E-state index is -3.80. The number of benzene rings is 1. The summed E-state index contributed by atoms with van der Waals surface area (Å²) in [5, 5.41) is 13.1. The molecule has 3 N–H and O–H groups in total. The Bertz CT molecular complexity index is 1140. The van der Waals surface area contributed by atoms with Gasteiger partial charge in [0.1, 0.15) is 0 Å². The number of anilines is 1. The maximum absolute atomic E-state index is 11.4. The van der Waals surface area contributed by atoms with Crippen molar-refractivity contribution in [2.24, 2.45) is 5.14 Å². The fourth-order valence-electron chi connectivity index (χ4n) is 2.88. The minimum Gasteiger partial charge on any atom is -0.320 e. The Hall–Kier alpha value is -3.17. The van der Waals surface area contributed by atoms with E-state index in [4.69, 9.17) is 5.14 Å². The molecule has 8 nitrogen and oxygen atoms in total. The summed E-state index contributed by atoms with van der Waals surface area (Å²) in [4.78, 5) is 6.23. The molecule has 3 heterocycles. The Labute approximate surface area is 150 Å². The van der Waals surface area contributed by atoms with Gasteiger partial charge in [-0.2, -0.15) is 13.5 Å². The lowest BCUT2D eigenvalue weighted by Crippen LogP contribution is -2.31. The van der Waals surface area contributed by atoms with E-state index < -0.39 is 10.2 Å². The molecule has 0 saturated carbocycles. The van der Waals surface area contributed by atoms with Crippen LogP contribution in [0.3, 0.4) is 0 Å². The van der Waals surface area contributed by atoms with Gasteiger partial charge in [0.05, 0.1) is 16.9 Å². The standard InChI is InChI=1S/C17H16N6O2S/c1-12-15(11-20-21-12)13-2-3-16-14(10-13)17(4-5-19-16)22-6-8-23(9-7-22)26(18,24)25/h2-11H,1H3,(H,20,21)(H2,18,24,25). The molecule has 0 radical (unpaired) electrons. The molecule has 2 aromatic heterocycles. The Morgan fingerprint density at radius 3 is 2.54 bits per heavy atom. The molecule has 132 valence electrons. The summed E-state index contributed by atoms with van der Waals surface area (Å²) in [6.07, 6.45) is 9.63. The van der Waals surface area contributed by atoms with Crippen LogP contribution in [0.1, 0.15) is 5.69 Å². The molecular weight excluding hydrogens is 352 g/mol. The van der Waals surface area contributed by atoms with Crippen LogP contribution in [0, 0.1) is 6.92 Å². The number of rotatable bonds is 3. The smallest absolute Gasteiger partial charge is 0.302 e. The molecule has 0 spiro atoms. The zero-order valence-corrected chi connectivity index (χ0v) is 14.7. The van der Waals surface area contributed by atoms with E-state index in [0.717, 1.165) is 37.7 Å². The van der Waals surface area contributed by atoms with Crippen LogP contribution in [0.5, 0.6) is 0 Å². The molecule has 0 bridgehead atoms. The molecule has 1 aliphatic rings. The molecule has 0 fully saturated rings. The highest BCUT2D eigenvalue weighted by molar-refractivity contribution is 7.87. The molecule has 1 aromatic carbocycles. The monoisotopic (exact) mass is 368 g/mol. The average molecular weight is 368 g/mol. The molecule has 0 atom stereocenters. The summed E-state index contributed by atoms with van der Waals surface area (Å²) >= 11 is 0. The van der Waals surface area contributed by atoms with E-state index in [9.17, 15) is 8.42 Å². The van der Waals surface area contributed by atoms with E-state index in [1.807, 2.05) is 42.3 Å². The first-order valence-electron chi connectivity index (χ1n) is 7.79. The predicted molar refractivity (Wildman–Crippen MR) is 99.8 cm³/mol. The molecule has 0 amide bonds. The van der Waals surface area contributed by atoms with Crippen LogP contribution in [0.15, 0.2) is 61.5 Å². The number of H-pyrrole nitrogens is 1. The fraction of sp³-hybridized carbons (Fsp3) is 0.0588. The first-order valence-corrected chi connectivity index (χ1v) is 9.29. The van der Waals surface area contributed by atoms with Gasteiger partial charge in [-0.25, -0.2) is 9.44 Å². The highest BCUT2D eigenvalue weighted by Gasteiger charge is 2.16. The first kappa shape index (κ1) is 16.3. The normalized spacial score (nSPS) is 14.4. The first-order chi connectivity index (χ1) is 12.4. The van der Waals surface area contributed by atoms with E-state index in [0.29, 0.717) is 0 Å². The molecule has 4 rings (SSSR count). The van der Waals surface area contributed by atoms with E-state index >= 15 is 0 Å². The van der Waals surface area contributed by atoms with Crippen LogP contribution in [0.2, 0.25) is 0 Å². The number of pyridine rings is 1. The second-order valence-corrected chi connectivity index (χ2v) is 7.28. The van der Waals surface area contributed by atoms with Crippen molar-refractivity contribution in [3.8, 4) is 11.1 Å². The third-order valence-corrected chi connectivity index (χ3v) is 5.01. The van der Waals surface area contributed by atoms with E-state index in [1.54, 1.807) is 18.6 Å². The van der Waals surface area contributed by atoms with Crippen LogP contribution in [0.25, 0.3) is 22.0 Å². The molecule has 0 unspecified atom stereocenters. The van der Waals surface area contributed by atoms with Gasteiger partial charge in [0.15, 0.2) is 0 Å². The Morgan fingerprint density at radius 2 is 1.88 bits per heavy atom. The largest absolute Gasteiger partial charge is 0.320 e. The van der Waals surface area contributed by atoms with Crippen molar-refractivity contribution >= 4 is 26.8 Å². The quantitative estimate of drug-likeness (QED) is 0.737.